The summed E-state index contributed by atoms with van der Waals surface area (Å²) in [6.07, 6.45) is 9.74. The topological polar surface area (TPSA) is 29.1 Å². The van der Waals surface area contributed by atoms with Crippen LogP contribution in [0, 0.1) is 17.8 Å². The monoisotopic (exact) mass is 161 g/mol. The van der Waals surface area contributed by atoms with Crippen LogP contribution in [-0.4, -0.2) is 11.9 Å². The van der Waals surface area contributed by atoms with Crippen LogP contribution in [0.1, 0.15) is 6.42 Å². The maximum atomic E-state index is 11.2. The maximum Gasteiger partial charge on any atom is 0.226 e. The number of nitrogens with one attached hydrogen (secondary N) is 1. The molecule has 0 unspecified atom stereocenters. The molecule has 3 rings (SSSR count). The first-order valence-electron chi connectivity index (χ1n) is 4.51. The van der Waals surface area contributed by atoms with Crippen LogP contribution >= 0.6 is 0 Å². The zero-order chi connectivity index (χ0) is 8.13. The van der Waals surface area contributed by atoms with Crippen molar-refractivity contribution in [2.45, 2.75) is 12.5 Å². The van der Waals surface area contributed by atoms with Crippen molar-refractivity contribution in [2.75, 3.05) is 0 Å². The Kier molecular flexibility index (Phi) is 1.08. The lowest BCUT2D eigenvalue weighted by Gasteiger charge is -2.35. The molecule has 1 amide bonds. The molecule has 0 radical (unpaired) electrons. The number of carbonyl (C=O) groups is 1. The quantitative estimate of drug-likeness (QED) is 0.525. The third kappa shape index (κ3) is 0.631. The lowest BCUT2D eigenvalue weighted by molar-refractivity contribution is -0.135. The van der Waals surface area contributed by atoms with Crippen LogP contribution in [-0.2, 0) is 4.79 Å². The Morgan fingerprint density at radius 1 is 1.25 bits per heavy atom. The van der Waals surface area contributed by atoms with E-state index in [0.717, 1.165) is 6.42 Å². The van der Waals surface area contributed by atoms with Gasteiger partial charge in [-0.3, -0.25) is 4.79 Å². The summed E-state index contributed by atoms with van der Waals surface area (Å²) in [6, 6.07) is 0.448. The standard InChI is InChI=1S/C10H11NO/c12-10-8-6-3-1-2-4-7(5-6)9(8)11-10/h1-4,6-9H,5H2,(H,11,12)/t6-,7+,8-,9-/m1/s1. The van der Waals surface area contributed by atoms with Crippen LogP contribution in [0.2, 0.25) is 0 Å². The Morgan fingerprint density at radius 3 is 2.75 bits per heavy atom. The second-order valence-electron chi connectivity index (χ2n) is 3.89. The van der Waals surface area contributed by atoms with Crippen molar-refractivity contribution in [3.05, 3.63) is 24.3 Å². The smallest absolute Gasteiger partial charge is 0.226 e. The normalized spacial score (nSPS) is 47.8. The number of rotatable bonds is 0. The summed E-state index contributed by atoms with van der Waals surface area (Å²) in [5, 5.41) is 2.98. The van der Waals surface area contributed by atoms with E-state index in [4.69, 9.17) is 0 Å². The van der Waals surface area contributed by atoms with E-state index in [1.807, 2.05) is 0 Å². The molecule has 1 heterocycles. The molecule has 1 N–H and O–H groups in total. The lowest BCUT2D eigenvalue weighted by atomic mass is 9.84. The summed E-state index contributed by atoms with van der Waals surface area (Å²) in [5.74, 6) is 1.64. The van der Waals surface area contributed by atoms with E-state index in [0.29, 0.717) is 17.9 Å². The minimum absolute atomic E-state index is 0.257. The number of carbonyl (C=O) groups excluding carboxylic acids is 1. The molecule has 62 valence electrons. The molecule has 0 spiro atoms. The van der Waals surface area contributed by atoms with Crippen LogP contribution < -0.4 is 5.32 Å². The van der Waals surface area contributed by atoms with Crippen LogP contribution in [0.3, 0.4) is 0 Å². The van der Waals surface area contributed by atoms with Crippen molar-refractivity contribution >= 4 is 5.91 Å². The molecule has 2 aliphatic carbocycles. The summed E-state index contributed by atoms with van der Waals surface area (Å²) in [6.45, 7) is 0. The Hall–Kier alpha value is -1.05. The van der Waals surface area contributed by atoms with Crippen LogP contribution in [0.15, 0.2) is 24.3 Å². The van der Waals surface area contributed by atoms with Gasteiger partial charge in [0.15, 0.2) is 0 Å². The first-order valence-corrected chi connectivity index (χ1v) is 4.51. The fourth-order valence-corrected chi connectivity index (χ4v) is 2.67. The highest BCUT2D eigenvalue weighted by Gasteiger charge is 2.52. The highest BCUT2D eigenvalue weighted by Crippen LogP contribution is 2.44. The maximum absolute atomic E-state index is 11.2. The third-order valence-electron chi connectivity index (χ3n) is 3.29. The fraction of sp³-hybridized carbons (Fsp3) is 0.500. The van der Waals surface area contributed by atoms with Crippen LogP contribution in [0.25, 0.3) is 0 Å². The predicted molar refractivity (Wildman–Crippen MR) is 45.3 cm³/mol. The molecule has 12 heavy (non-hydrogen) atoms. The average molecular weight is 161 g/mol. The van der Waals surface area contributed by atoms with Crippen LogP contribution in [0.5, 0.6) is 0 Å². The zero-order valence-electron chi connectivity index (χ0n) is 6.73. The number of hydrogen-bond acceptors (Lipinski definition) is 1. The largest absolute Gasteiger partial charge is 0.352 e. The molecule has 3 aliphatic rings. The van der Waals surface area contributed by atoms with Crippen molar-refractivity contribution < 1.29 is 4.79 Å². The molecule has 1 aliphatic heterocycles. The Balaban J connectivity index is 1.98. The van der Waals surface area contributed by atoms with Crippen molar-refractivity contribution in [1.29, 1.82) is 0 Å². The number of hydrogen-bond donors (Lipinski definition) is 1. The molecule has 4 atom stereocenters. The first kappa shape index (κ1) is 6.46. The molecular weight excluding hydrogens is 150 g/mol. The first-order chi connectivity index (χ1) is 5.86. The average Bonchev–Trinajstić information content (AvgIpc) is 2.21. The number of β-lactam (4-membered cyclic amide) rings is 1. The third-order valence-corrected chi connectivity index (χ3v) is 3.29. The van der Waals surface area contributed by atoms with Gasteiger partial charge in [-0.05, 0) is 18.3 Å². The van der Waals surface area contributed by atoms with E-state index in [9.17, 15) is 4.79 Å². The van der Waals surface area contributed by atoms with Crippen molar-refractivity contribution in [3.8, 4) is 0 Å². The van der Waals surface area contributed by atoms with Gasteiger partial charge in [-0.2, -0.15) is 0 Å². The second kappa shape index (κ2) is 2.00. The van der Waals surface area contributed by atoms with Crippen molar-refractivity contribution in [2.24, 2.45) is 17.8 Å². The zero-order valence-corrected chi connectivity index (χ0v) is 6.73. The van der Waals surface area contributed by atoms with Gasteiger partial charge < -0.3 is 5.32 Å². The van der Waals surface area contributed by atoms with Gasteiger partial charge in [0.25, 0.3) is 0 Å². The minimum atomic E-state index is 0.257. The predicted octanol–water partition coefficient (Wildman–Crippen LogP) is 0.863. The summed E-state index contributed by atoms with van der Waals surface area (Å²) in [5.41, 5.74) is 0. The fourth-order valence-electron chi connectivity index (χ4n) is 2.67. The summed E-state index contributed by atoms with van der Waals surface area (Å²) in [4.78, 5) is 11.2. The van der Waals surface area contributed by atoms with E-state index >= 15 is 0 Å². The molecule has 2 nitrogen and oxygen atoms in total. The van der Waals surface area contributed by atoms with Crippen LogP contribution in [0.4, 0.5) is 0 Å². The van der Waals surface area contributed by atoms with E-state index in [-0.39, 0.29) is 11.8 Å². The molecule has 0 aromatic carbocycles. The van der Waals surface area contributed by atoms with Gasteiger partial charge in [0.2, 0.25) is 5.91 Å². The molecule has 1 saturated carbocycles. The summed E-state index contributed by atoms with van der Waals surface area (Å²) < 4.78 is 0. The van der Waals surface area contributed by atoms with E-state index in [1.165, 1.54) is 0 Å². The van der Waals surface area contributed by atoms with Gasteiger partial charge >= 0.3 is 0 Å². The number of amides is 1. The summed E-state index contributed by atoms with van der Waals surface area (Å²) >= 11 is 0. The van der Waals surface area contributed by atoms with E-state index in [1.54, 1.807) is 0 Å². The molecular formula is C10H11NO. The second-order valence-corrected chi connectivity index (χ2v) is 3.89. The highest BCUT2D eigenvalue weighted by molar-refractivity contribution is 5.87. The van der Waals surface area contributed by atoms with Crippen molar-refractivity contribution in [1.82, 2.24) is 5.32 Å². The van der Waals surface area contributed by atoms with E-state index in [2.05, 4.69) is 29.6 Å². The Bertz CT molecular complexity index is 292. The van der Waals surface area contributed by atoms with Gasteiger partial charge in [-0.1, -0.05) is 24.3 Å². The van der Waals surface area contributed by atoms with E-state index < -0.39 is 0 Å². The SMILES string of the molecule is O=C1N[C@H]2[C@H]1[C@@H]1C=CC=C[C@H]2C1. The summed E-state index contributed by atoms with van der Waals surface area (Å²) in [7, 11) is 0. The molecule has 2 bridgehead atoms. The van der Waals surface area contributed by atoms with Gasteiger partial charge in [0.1, 0.15) is 0 Å². The van der Waals surface area contributed by atoms with Gasteiger partial charge in [0.05, 0.1) is 5.92 Å². The number of allylic oxidation sites excluding steroid dienone is 3. The minimum Gasteiger partial charge on any atom is -0.352 e. The number of fused-ring (bicyclic) bond motifs is 5. The Morgan fingerprint density at radius 2 is 2.00 bits per heavy atom. The molecule has 0 aromatic rings. The lowest BCUT2D eigenvalue weighted by Crippen LogP contribution is -2.58. The highest BCUT2D eigenvalue weighted by atomic mass is 16.2. The van der Waals surface area contributed by atoms with Gasteiger partial charge in [-0.15, -0.1) is 0 Å². The van der Waals surface area contributed by atoms with Crippen molar-refractivity contribution in [3.63, 3.8) is 0 Å². The Labute approximate surface area is 71.3 Å². The molecule has 1 saturated heterocycles. The van der Waals surface area contributed by atoms with Gasteiger partial charge in [0, 0.05) is 6.04 Å². The molecule has 2 fully saturated rings. The van der Waals surface area contributed by atoms with Gasteiger partial charge in [-0.25, -0.2) is 0 Å². The molecule has 2 heteroatoms. The molecule has 0 aromatic heterocycles.